The Hall–Kier alpha value is -2.40. The summed E-state index contributed by atoms with van der Waals surface area (Å²) in [6.07, 6.45) is 0. The van der Waals surface area contributed by atoms with Crippen LogP contribution in [0, 0.1) is 20.8 Å². The normalized spacial score (nSPS) is 11.6. The molecule has 2 N–H and O–H groups in total. The third kappa shape index (κ3) is 4.57. The fourth-order valence-corrected chi connectivity index (χ4v) is 3.05. The molecule has 0 aliphatic carbocycles. The van der Waals surface area contributed by atoms with Gasteiger partial charge in [-0.1, -0.05) is 29.8 Å². The van der Waals surface area contributed by atoms with Gasteiger partial charge in [-0.05, 0) is 68.7 Å². The molecule has 2 aromatic rings. The van der Waals surface area contributed by atoms with Crippen molar-refractivity contribution in [1.29, 1.82) is 0 Å². The van der Waals surface area contributed by atoms with Crippen molar-refractivity contribution in [2.45, 2.75) is 33.7 Å². The van der Waals surface area contributed by atoms with Crippen LogP contribution >= 0.6 is 12.2 Å². The number of esters is 1. The molecule has 132 valence electrons. The first-order chi connectivity index (χ1) is 11.8. The Bertz CT molecular complexity index is 802. The topological polar surface area (TPSA) is 50.4 Å². The highest BCUT2D eigenvalue weighted by Crippen LogP contribution is 2.21. The fraction of sp³-hybridized carbons (Fsp3) is 0.300. The van der Waals surface area contributed by atoms with E-state index in [0.717, 1.165) is 11.3 Å². The van der Waals surface area contributed by atoms with Crippen LogP contribution in [0.4, 0.5) is 5.69 Å². The van der Waals surface area contributed by atoms with Gasteiger partial charge >= 0.3 is 5.97 Å². The number of carbonyl (C=O) groups is 1. The molecule has 25 heavy (non-hydrogen) atoms. The zero-order chi connectivity index (χ0) is 18.6. The van der Waals surface area contributed by atoms with Gasteiger partial charge in [-0.15, -0.1) is 0 Å². The highest BCUT2D eigenvalue weighted by molar-refractivity contribution is 7.80. The molecule has 0 saturated carbocycles. The summed E-state index contributed by atoms with van der Waals surface area (Å²) in [4.78, 5) is 11.8. The molecule has 2 aromatic carbocycles. The van der Waals surface area contributed by atoms with E-state index in [2.05, 4.69) is 49.6 Å². The van der Waals surface area contributed by atoms with Crippen molar-refractivity contribution in [3.8, 4) is 0 Å². The number of ether oxygens (including phenoxy) is 1. The van der Waals surface area contributed by atoms with Gasteiger partial charge in [0.1, 0.15) is 0 Å². The molecule has 0 aliphatic rings. The number of aryl methyl sites for hydroxylation is 2. The summed E-state index contributed by atoms with van der Waals surface area (Å²) in [6.45, 7) is 8.11. The summed E-state index contributed by atoms with van der Waals surface area (Å²) in [6, 6.07) is 11.9. The summed E-state index contributed by atoms with van der Waals surface area (Å²) >= 11 is 5.45. The quantitative estimate of drug-likeness (QED) is 0.626. The Morgan fingerprint density at radius 3 is 2.56 bits per heavy atom. The van der Waals surface area contributed by atoms with Crippen LogP contribution in [0.2, 0.25) is 0 Å². The van der Waals surface area contributed by atoms with Gasteiger partial charge in [0.2, 0.25) is 0 Å². The van der Waals surface area contributed by atoms with Crippen LogP contribution in [0.5, 0.6) is 0 Å². The van der Waals surface area contributed by atoms with E-state index in [1.807, 2.05) is 13.0 Å². The Balaban J connectivity index is 2.13. The van der Waals surface area contributed by atoms with Gasteiger partial charge in [-0.3, -0.25) is 0 Å². The van der Waals surface area contributed by atoms with Gasteiger partial charge in [0.25, 0.3) is 0 Å². The predicted molar refractivity (Wildman–Crippen MR) is 106 cm³/mol. The first kappa shape index (κ1) is 18.9. The van der Waals surface area contributed by atoms with E-state index in [1.165, 1.54) is 23.8 Å². The smallest absolute Gasteiger partial charge is 0.338 e. The molecule has 0 fully saturated rings. The number of thiocarbonyl (C=S) groups is 1. The van der Waals surface area contributed by atoms with E-state index in [4.69, 9.17) is 17.0 Å². The average molecular weight is 356 g/mol. The highest BCUT2D eigenvalue weighted by atomic mass is 32.1. The Morgan fingerprint density at radius 1 is 1.16 bits per heavy atom. The minimum absolute atomic E-state index is 0.0731. The molecule has 2 rings (SSSR count). The summed E-state index contributed by atoms with van der Waals surface area (Å²) in [7, 11) is 1.37. The van der Waals surface area contributed by atoms with Crippen molar-refractivity contribution in [3.05, 3.63) is 64.2 Å². The van der Waals surface area contributed by atoms with Gasteiger partial charge in [0.05, 0.1) is 18.7 Å². The second kappa shape index (κ2) is 8.12. The number of anilines is 1. The Kier molecular flexibility index (Phi) is 6.15. The third-order valence-electron chi connectivity index (χ3n) is 4.24. The van der Waals surface area contributed by atoms with Crippen LogP contribution in [-0.4, -0.2) is 18.2 Å². The van der Waals surface area contributed by atoms with E-state index < -0.39 is 0 Å². The number of hydrogen-bond donors (Lipinski definition) is 2. The monoisotopic (exact) mass is 356 g/mol. The number of hydrogen-bond acceptors (Lipinski definition) is 3. The lowest BCUT2D eigenvalue weighted by Crippen LogP contribution is -2.31. The number of benzene rings is 2. The maximum atomic E-state index is 11.8. The Labute approximate surface area is 154 Å². The molecule has 0 aromatic heterocycles. The zero-order valence-electron chi connectivity index (χ0n) is 15.3. The molecular weight excluding hydrogens is 332 g/mol. The van der Waals surface area contributed by atoms with E-state index >= 15 is 0 Å². The number of rotatable bonds is 4. The van der Waals surface area contributed by atoms with E-state index in [9.17, 15) is 4.79 Å². The van der Waals surface area contributed by atoms with Crippen molar-refractivity contribution in [1.82, 2.24) is 5.32 Å². The first-order valence-corrected chi connectivity index (χ1v) is 8.57. The summed E-state index contributed by atoms with van der Waals surface area (Å²) < 4.78 is 4.81. The fourth-order valence-electron chi connectivity index (χ4n) is 2.76. The summed E-state index contributed by atoms with van der Waals surface area (Å²) in [5.41, 5.74) is 5.76. The standard InChI is InChI=1S/C20H24N2O2S/c1-12-9-10-13(2)17(11-12)15(4)21-20(25)22-18-8-6-7-16(14(18)3)19(23)24-5/h6-11,15H,1-5H3,(H2,21,22,25). The lowest BCUT2D eigenvalue weighted by Gasteiger charge is -2.20. The first-order valence-electron chi connectivity index (χ1n) is 8.16. The van der Waals surface area contributed by atoms with Crippen molar-refractivity contribution in [3.63, 3.8) is 0 Å². The number of nitrogens with one attached hydrogen (secondary N) is 2. The van der Waals surface area contributed by atoms with Crippen LogP contribution in [0.15, 0.2) is 36.4 Å². The molecule has 4 nitrogen and oxygen atoms in total. The molecule has 1 unspecified atom stereocenters. The average Bonchev–Trinajstić information content (AvgIpc) is 2.58. The second-order valence-corrected chi connectivity index (χ2v) is 6.56. The maximum Gasteiger partial charge on any atom is 0.338 e. The third-order valence-corrected chi connectivity index (χ3v) is 4.46. The van der Waals surface area contributed by atoms with Crippen LogP contribution in [-0.2, 0) is 4.74 Å². The Morgan fingerprint density at radius 2 is 1.88 bits per heavy atom. The largest absolute Gasteiger partial charge is 0.465 e. The van der Waals surface area contributed by atoms with Gasteiger partial charge in [-0.2, -0.15) is 0 Å². The predicted octanol–water partition coefficient (Wildman–Crippen LogP) is 4.45. The lowest BCUT2D eigenvalue weighted by atomic mass is 10.0. The summed E-state index contributed by atoms with van der Waals surface area (Å²) in [5.74, 6) is -0.358. The van der Waals surface area contributed by atoms with Crippen molar-refractivity contribution < 1.29 is 9.53 Å². The zero-order valence-corrected chi connectivity index (χ0v) is 16.1. The lowest BCUT2D eigenvalue weighted by molar-refractivity contribution is 0.0600. The van der Waals surface area contributed by atoms with Crippen molar-refractivity contribution >= 4 is 29.0 Å². The molecule has 0 bridgehead atoms. The van der Waals surface area contributed by atoms with Crippen LogP contribution in [0.3, 0.4) is 0 Å². The SMILES string of the molecule is COC(=O)c1cccc(NC(=S)NC(C)c2cc(C)ccc2C)c1C. The molecule has 0 saturated heterocycles. The van der Waals surface area contributed by atoms with Crippen molar-refractivity contribution in [2.75, 3.05) is 12.4 Å². The molecule has 0 radical (unpaired) electrons. The van der Waals surface area contributed by atoms with Crippen molar-refractivity contribution in [2.24, 2.45) is 0 Å². The molecule has 5 heteroatoms. The molecule has 0 heterocycles. The molecular formula is C20H24N2O2S. The minimum Gasteiger partial charge on any atom is -0.465 e. The van der Waals surface area contributed by atoms with E-state index in [0.29, 0.717) is 10.7 Å². The van der Waals surface area contributed by atoms with Crippen LogP contribution in [0.1, 0.15) is 45.6 Å². The van der Waals surface area contributed by atoms with Crippen LogP contribution < -0.4 is 10.6 Å². The molecule has 0 amide bonds. The number of carbonyl (C=O) groups excluding carboxylic acids is 1. The van der Waals surface area contributed by atoms with Gasteiger partial charge in [0.15, 0.2) is 5.11 Å². The summed E-state index contributed by atoms with van der Waals surface area (Å²) in [5, 5.41) is 7.00. The highest BCUT2D eigenvalue weighted by Gasteiger charge is 2.14. The molecule has 1 atom stereocenters. The van der Waals surface area contributed by atoms with Gasteiger partial charge in [-0.25, -0.2) is 4.79 Å². The van der Waals surface area contributed by atoms with Gasteiger partial charge < -0.3 is 15.4 Å². The minimum atomic E-state index is -0.358. The van der Waals surface area contributed by atoms with E-state index in [1.54, 1.807) is 12.1 Å². The van der Waals surface area contributed by atoms with Crippen LogP contribution in [0.25, 0.3) is 0 Å². The molecule has 0 spiro atoms. The number of methoxy groups -OCH3 is 1. The second-order valence-electron chi connectivity index (χ2n) is 6.15. The van der Waals surface area contributed by atoms with Gasteiger partial charge in [0, 0.05) is 5.69 Å². The maximum absolute atomic E-state index is 11.8. The van der Waals surface area contributed by atoms with E-state index in [-0.39, 0.29) is 12.0 Å². The molecule has 0 aliphatic heterocycles.